The number of aliphatic hydroxyl groups is 1. The lowest BCUT2D eigenvalue weighted by atomic mass is 9.90. The van der Waals surface area contributed by atoms with Crippen LogP contribution in [0.25, 0.3) is 0 Å². The van der Waals surface area contributed by atoms with E-state index >= 15 is 0 Å². The minimum atomic E-state index is -3.99. The van der Waals surface area contributed by atoms with Gasteiger partial charge in [-0.3, -0.25) is 9.69 Å². The average Bonchev–Trinajstić information content (AvgIpc) is 3.23. The van der Waals surface area contributed by atoms with Crippen molar-refractivity contribution in [1.29, 1.82) is 0 Å². The number of piperazine rings is 1. The van der Waals surface area contributed by atoms with Gasteiger partial charge in [0.2, 0.25) is 21.9 Å². The molecule has 13 heteroatoms. The average molecular weight is 777 g/mol. The summed E-state index contributed by atoms with van der Waals surface area (Å²) in [7, 11) is -3.99. The lowest BCUT2D eigenvalue weighted by Crippen LogP contribution is -2.51. The standard InChI is InChI=1S/C43H48N6O6S/c1-30-9-19-37(20-10-30)56(52,53)47-38(27-32-7-4-3-5-8-32)41(51)46-36-17-15-35(16-18-36)42-54-39(31(2)40(55-42)34-13-11-33(29-50)12-14-34)28-48-23-25-49(26-24-48)43-44-21-6-22-45-43/h3-22,31,38-40,42,47,50H,23-29H2,1-2H3,(H,46,51)/t31-,38-,39+,40+,42+/m1/s1. The zero-order valence-corrected chi connectivity index (χ0v) is 32.4. The van der Waals surface area contributed by atoms with Gasteiger partial charge in [-0.25, -0.2) is 18.4 Å². The largest absolute Gasteiger partial charge is 0.392 e. The molecule has 3 heterocycles. The number of aliphatic hydroxyl groups excluding tert-OH is 1. The molecule has 56 heavy (non-hydrogen) atoms. The Morgan fingerprint density at radius 1 is 0.821 bits per heavy atom. The van der Waals surface area contributed by atoms with E-state index in [1.807, 2.05) is 79.7 Å². The molecule has 0 radical (unpaired) electrons. The molecule has 3 N–H and O–H groups in total. The van der Waals surface area contributed by atoms with E-state index in [1.165, 1.54) is 12.1 Å². The molecule has 2 aliphatic rings. The van der Waals surface area contributed by atoms with Crippen LogP contribution in [0.3, 0.4) is 0 Å². The molecule has 1 amide bonds. The van der Waals surface area contributed by atoms with E-state index in [1.54, 1.807) is 36.7 Å². The van der Waals surface area contributed by atoms with Crippen LogP contribution in [0.5, 0.6) is 0 Å². The molecule has 7 rings (SSSR count). The summed E-state index contributed by atoms with van der Waals surface area (Å²) in [5.41, 5.74) is 4.86. The Kier molecular flexibility index (Phi) is 12.5. The van der Waals surface area contributed by atoms with Gasteiger partial charge in [0, 0.05) is 62.3 Å². The minimum absolute atomic E-state index is 0.0190. The quantitative estimate of drug-likeness (QED) is 0.142. The molecule has 2 saturated heterocycles. The SMILES string of the molecule is Cc1ccc(S(=O)(=O)N[C@H](Cc2ccccc2)C(=O)Nc2ccc([C@H]3O[C@@H](CN4CCN(c5ncccn5)CC4)[C@@H](C)[C@@H](c4ccc(CO)cc4)O3)cc2)cc1. The highest BCUT2D eigenvalue weighted by molar-refractivity contribution is 7.89. The van der Waals surface area contributed by atoms with Crippen molar-refractivity contribution in [2.24, 2.45) is 5.92 Å². The Balaban J connectivity index is 1.06. The summed E-state index contributed by atoms with van der Waals surface area (Å²) in [6.07, 6.45) is 2.57. The first-order valence-corrected chi connectivity index (χ1v) is 20.4. The number of rotatable bonds is 13. The predicted octanol–water partition coefficient (Wildman–Crippen LogP) is 5.42. The highest BCUT2D eigenvalue weighted by Gasteiger charge is 2.39. The monoisotopic (exact) mass is 776 g/mol. The first-order chi connectivity index (χ1) is 27.1. The van der Waals surface area contributed by atoms with Crippen molar-refractivity contribution in [3.05, 3.63) is 149 Å². The lowest BCUT2D eigenvalue weighted by Gasteiger charge is -2.44. The van der Waals surface area contributed by atoms with Crippen molar-refractivity contribution in [3.8, 4) is 0 Å². The van der Waals surface area contributed by atoms with Gasteiger partial charge < -0.3 is 24.8 Å². The number of benzene rings is 4. The fourth-order valence-corrected chi connectivity index (χ4v) is 8.33. The lowest BCUT2D eigenvalue weighted by molar-refractivity contribution is -0.276. The number of aromatic nitrogens is 2. The Morgan fingerprint density at radius 2 is 1.48 bits per heavy atom. The van der Waals surface area contributed by atoms with Gasteiger partial charge in [-0.15, -0.1) is 0 Å². The molecule has 1 aromatic heterocycles. The first kappa shape index (κ1) is 39.2. The van der Waals surface area contributed by atoms with Crippen LogP contribution in [-0.4, -0.2) is 79.2 Å². The third-order valence-electron chi connectivity index (χ3n) is 10.4. The Morgan fingerprint density at radius 3 is 2.14 bits per heavy atom. The van der Waals surface area contributed by atoms with Gasteiger partial charge >= 0.3 is 0 Å². The van der Waals surface area contributed by atoms with Crippen LogP contribution in [-0.2, 0) is 37.3 Å². The summed E-state index contributed by atoms with van der Waals surface area (Å²) in [6, 6.07) is 31.7. The molecule has 0 unspecified atom stereocenters. The number of amides is 1. The van der Waals surface area contributed by atoms with Crippen molar-refractivity contribution < 1.29 is 27.8 Å². The van der Waals surface area contributed by atoms with Gasteiger partial charge in [0.25, 0.3) is 0 Å². The zero-order valence-electron chi connectivity index (χ0n) is 31.6. The normalized spacial score (nSPS) is 21.0. The van der Waals surface area contributed by atoms with Gasteiger partial charge in [0.05, 0.1) is 23.7 Å². The van der Waals surface area contributed by atoms with E-state index in [4.69, 9.17) is 9.47 Å². The predicted molar refractivity (Wildman–Crippen MR) is 214 cm³/mol. The van der Waals surface area contributed by atoms with Gasteiger partial charge in [-0.05, 0) is 60.4 Å². The van der Waals surface area contributed by atoms with Gasteiger partial charge in [0.15, 0.2) is 6.29 Å². The third-order valence-corrected chi connectivity index (χ3v) is 11.9. The fourth-order valence-electron chi connectivity index (χ4n) is 7.13. The maximum absolute atomic E-state index is 13.8. The number of hydrogen-bond acceptors (Lipinski definition) is 10. The van der Waals surface area contributed by atoms with E-state index < -0.39 is 28.3 Å². The van der Waals surface area contributed by atoms with Crippen LogP contribution >= 0.6 is 0 Å². The Labute approximate surface area is 328 Å². The summed E-state index contributed by atoms with van der Waals surface area (Å²) in [4.78, 5) is 27.3. The number of nitrogens with one attached hydrogen (secondary N) is 2. The second-order valence-corrected chi connectivity index (χ2v) is 16.2. The van der Waals surface area contributed by atoms with E-state index in [9.17, 15) is 18.3 Å². The molecule has 0 spiro atoms. The van der Waals surface area contributed by atoms with Crippen LogP contribution in [0.4, 0.5) is 11.6 Å². The molecule has 2 fully saturated rings. The molecule has 4 aromatic carbocycles. The summed E-state index contributed by atoms with van der Waals surface area (Å²) >= 11 is 0. The van der Waals surface area contributed by atoms with Gasteiger partial charge in [-0.2, -0.15) is 4.72 Å². The smallest absolute Gasteiger partial charge is 0.242 e. The third kappa shape index (κ3) is 9.67. The van der Waals surface area contributed by atoms with Gasteiger partial charge in [-0.1, -0.05) is 91.3 Å². The molecule has 292 valence electrons. The highest BCUT2D eigenvalue weighted by Crippen LogP contribution is 2.42. The van der Waals surface area contributed by atoms with Crippen LogP contribution < -0.4 is 14.9 Å². The number of anilines is 2. The van der Waals surface area contributed by atoms with Crippen LogP contribution in [0.1, 0.15) is 47.1 Å². The summed E-state index contributed by atoms with van der Waals surface area (Å²) in [6.45, 7) is 8.01. The number of hydrogen-bond donors (Lipinski definition) is 3. The molecular weight excluding hydrogens is 729 g/mol. The maximum atomic E-state index is 13.8. The number of ether oxygens (including phenoxy) is 2. The molecule has 0 saturated carbocycles. The molecular formula is C43H48N6O6S. The van der Waals surface area contributed by atoms with E-state index in [-0.39, 0.29) is 36.0 Å². The van der Waals surface area contributed by atoms with Crippen molar-refractivity contribution >= 4 is 27.6 Å². The maximum Gasteiger partial charge on any atom is 0.242 e. The summed E-state index contributed by atoms with van der Waals surface area (Å²) in [5, 5.41) is 12.6. The Hall–Kier alpha value is -5.02. The minimum Gasteiger partial charge on any atom is -0.392 e. The van der Waals surface area contributed by atoms with Crippen molar-refractivity contribution in [2.75, 3.05) is 42.9 Å². The molecule has 12 nitrogen and oxygen atoms in total. The number of aryl methyl sites for hydroxylation is 1. The number of carbonyl (C=O) groups is 1. The second kappa shape index (κ2) is 17.8. The number of nitrogens with zero attached hydrogens (tertiary/aromatic N) is 4. The fraction of sp³-hybridized carbons (Fsp3) is 0.326. The van der Waals surface area contributed by atoms with Crippen LogP contribution in [0.15, 0.2) is 126 Å². The van der Waals surface area contributed by atoms with Crippen molar-refractivity contribution in [1.82, 2.24) is 19.6 Å². The summed E-state index contributed by atoms with van der Waals surface area (Å²) in [5.74, 6) is 0.274. The topological polar surface area (TPSA) is 146 Å². The number of carbonyl (C=O) groups excluding carboxylic acids is 1. The highest BCUT2D eigenvalue weighted by atomic mass is 32.2. The molecule has 5 atom stereocenters. The van der Waals surface area contributed by atoms with E-state index in [2.05, 4.69) is 36.7 Å². The molecule has 0 aliphatic carbocycles. The Bertz CT molecular complexity index is 2130. The first-order valence-electron chi connectivity index (χ1n) is 18.9. The molecule has 2 aliphatic heterocycles. The van der Waals surface area contributed by atoms with Crippen LogP contribution in [0.2, 0.25) is 0 Å². The van der Waals surface area contributed by atoms with Crippen molar-refractivity contribution in [2.45, 2.75) is 56.3 Å². The zero-order chi connectivity index (χ0) is 39.1. The van der Waals surface area contributed by atoms with Crippen molar-refractivity contribution in [3.63, 3.8) is 0 Å². The molecule has 0 bridgehead atoms. The summed E-state index contributed by atoms with van der Waals surface area (Å²) < 4.78 is 42.8. The van der Waals surface area contributed by atoms with E-state index in [0.29, 0.717) is 12.2 Å². The van der Waals surface area contributed by atoms with E-state index in [0.717, 1.165) is 59.9 Å². The van der Waals surface area contributed by atoms with Gasteiger partial charge in [0.1, 0.15) is 6.04 Å². The second-order valence-electron chi connectivity index (χ2n) is 14.4. The molecule has 5 aromatic rings. The number of sulfonamides is 1. The van der Waals surface area contributed by atoms with Crippen LogP contribution in [0, 0.1) is 12.8 Å².